The van der Waals surface area contributed by atoms with E-state index in [4.69, 9.17) is 23.2 Å². The molecule has 1 aliphatic rings. The number of hydrogen-bond donors (Lipinski definition) is 1. The van der Waals surface area contributed by atoms with E-state index in [1.54, 1.807) is 18.2 Å². The number of carbonyl (C=O) groups is 2. The molecule has 4 rings (SSSR count). The average Bonchev–Trinajstić information content (AvgIpc) is 3.47. The van der Waals surface area contributed by atoms with Crippen LogP contribution in [0.3, 0.4) is 0 Å². The predicted octanol–water partition coefficient (Wildman–Crippen LogP) is 6.36. The van der Waals surface area contributed by atoms with Crippen LogP contribution < -0.4 is 9.62 Å². The molecule has 0 aliphatic heterocycles. The smallest absolute Gasteiger partial charge is 0.264 e. The minimum Gasteiger partial charge on any atom is -0.352 e. The first-order chi connectivity index (χ1) is 19.6. The highest BCUT2D eigenvalue weighted by molar-refractivity contribution is 7.92. The summed E-state index contributed by atoms with van der Waals surface area (Å²) < 4.78 is 28.8. The van der Waals surface area contributed by atoms with E-state index in [-0.39, 0.29) is 39.1 Å². The van der Waals surface area contributed by atoms with Crippen molar-refractivity contribution >= 4 is 50.7 Å². The van der Waals surface area contributed by atoms with Crippen molar-refractivity contribution in [3.8, 4) is 0 Å². The molecule has 1 atom stereocenters. The third-order valence-corrected chi connectivity index (χ3v) is 9.89. The highest BCUT2D eigenvalue weighted by Crippen LogP contribution is 2.31. The Morgan fingerprint density at radius 1 is 0.951 bits per heavy atom. The lowest BCUT2D eigenvalue weighted by molar-refractivity contribution is -0.140. The number of sulfonamides is 1. The van der Waals surface area contributed by atoms with Gasteiger partial charge in [0.25, 0.3) is 10.0 Å². The van der Waals surface area contributed by atoms with Crippen molar-refractivity contribution in [3.63, 3.8) is 0 Å². The molecule has 0 aromatic heterocycles. The van der Waals surface area contributed by atoms with Crippen LogP contribution in [0.1, 0.15) is 50.2 Å². The van der Waals surface area contributed by atoms with Crippen molar-refractivity contribution in [3.05, 3.63) is 94.0 Å². The maximum Gasteiger partial charge on any atom is 0.264 e. The summed E-state index contributed by atoms with van der Waals surface area (Å²) in [7, 11) is -4.18. The topological polar surface area (TPSA) is 86.8 Å². The van der Waals surface area contributed by atoms with E-state index in [9.17, 15) is 18.0 Å². The molecule has 1 aliphatic carbocycles. The zero-order valence-corrected chi connectivity index (χ0v) is 25.6. The Morgan fingerprint density at radius 3 is 2.22 bits per heavy atom. The molecule has 0 heterocycles. The van der Waals surface area contributed by atoms with Crippen molar-refractivity contribution < 1.29 is 18.0 Å². The highest BCUT2D eigenvalue weighted by Gasteiger charge is 2.34. The van der Waals surface area contributed by atoms with Crippen LogP contribution in [0.2, 0.25) is 10.0 Å². The Morgan fingerprint density at radius 2 is 1.61 bits per heavy atom. The normalized spacial score (nSPS) is 14.4. The highest BCUT2D eigenvalue weighted by atomic mass is 35.5. The van der Waals surface area contributed by atoms with Gasteiger partial charge in [-0.05, 0) is 62.1 Å². The molecular weight excluding hydrogens is 581 g/mol. The van der Waals surface area contributed by atoms with Crippen LogP contribution in [0.15, 0.2) is 77.7 Å². The maximum absolute atomic E-state index is 14.2. The van der Waals surface area contributed by atoms with Gasteiger partial charge in [0.15, 0.2) is 0 Å². The van der Waals surface area contributed by atoms with Gasteiger partial charge < -0.3 is 10.2 Å². The summed E-state index contributed by atoms with van der Waals surface area (Å²) >= 11 is 12.4. The second kappa shape index (κ2) is 13.7. The fourth-order valence-electron chi connectivity index (χ4n) is 5.07. The van der Waals surface area contributed by atoms with Gasteiger partial charge in [-0.15, -0.1) is 0 Å². The van der Waals surface area contributed by atoms with Gasteiger partial charge in [-0.3, -0.25) is 13.9 Å². The van der Waals surface area contributed by atoms with E-state index in [1.165, 1.54) is 35.2 Å². The number of nitrogens with zero attached hydrogens (tertiary/aromatic N) is 2. The van der Waals surface area contributed by atoms with E-state index < -0.39 is 28.5 Å². The molecule has 0 unspecified atom stereocenters. The maximum atomic E-state index is 14.2. The van der Waals surface area contributed by atoms with Crippen molar-refractivity contribution in [2.45, 2.75) is 69.5 Å². The molecule has 1 fully saturated rings. The molecule has 0 saturated heterocycles. The van der Waals surface area contributed by atoms with Gasteiger partial charge in [0, 0.05) is 12.6 Å². The van der Waals surface area contributed by atoms with E-state index in [1.807, 2.05) is 38.1 Å². The third kappa shape index (κ3) is 7.61. The molecule has 1 saturated carbocycles. The predicted molar refractivity (Wildman–Crippen MR) is 164 cm³/mol. The number of hydrogen-bond acceptors (Lipinski definition) is 4. The molecule has 41 heavy (non-hydrogen) atoms. The second-order valence-electron chi connectivity index (χ2n) is 10.3. The molecule has 3 aromatic rings. The number of carbonyl (C=O) groups excluding carboxylic acids is 2. The summed E-state index contributed by atoms with van der Waals surface area (Å²) in [5, 5.41) is 3.53. The SMILES string of the molecule is CC[C@@H](C(=O)NC1CCCC1)N(Cc1ccc(C)cc1)C(=O)CN(c1ccc(Cl)c(Cl)c1)S(=O)(=O)c1ccccc1. The lowest BCUT2D eigenvalue weighted by atomic mass is 10.1. The molecule has 10 heteroatoms. The van der Waals surface area contributed by atoms with Gasteiger partial charge in [0.2, 0.25) is 11.8 Å². The quantitative estimate of drug-likeness (QED) is 0.272. The molecular formula is C31H35Cl2N3O4S. The lowest BCUT2D eigenvalue weighted by Crippen LogP contribution is -2.53. The number of amides is 2. The summed E-state index contributed by atoms with van der Waals surface area (Å²) in [6.07, 6.45) is 4.31. The lowest BCUT2D eigenvalue weighted by Gasteiger charge is -2.34. The number of anilines is 1. The van der Waals surface area contributed by atoms with E-state index in [0.29, 0.717) is 6.42 Å². The van der Waals surface area contributed by atoms with Crippen LogP contribution in [-0.4, -0.2) is 43.8 Å². The second-order valence-corrected chi connectivity index (χ2v) is 13.0. The van der Waals surface area contributed by atoms with E-state index in [0.717, 1.165) is 41.1 Å². The zero-order valence-electron chi connectivity index (χ0n) is 23.2. The Hall–Kier alpha value is -3.07. The van der Waals surface area contributed by atoms with Crippen molar-refractivity contribution in [2.75, 3.05) is 10.8 Å². The third-order valence-electron chi connectivity index (χ3n) is 7.36. The monoisotopic (exact) mass is 615 g/mol. The van der Waals surface area contributed by atoms with Crippen LogP contribution in [0.4, 0.5) is 5.69 Å². The number of benzene rings is 3. The number of rotatable bonds is 11. The van der Waals surface area contributed by atoms with Crippen LogP contribution in [0.5, 0.6) is 0 Å². The van der Waals surface area contributed by atoms with Gasteiger partial charge in [0.05, 0.1) is 20.6 Å². The Kier molecular flexibility index (Phi) is 10.3. The van der Waals surface area contributed by atoms with Gasteiger partial charge in [-0.25, -0.2) is 8.42 Å². The standard InChI is InChI=1S/C31H35Cl2N3O4S/c1-3-29(31(38)34-24-9-7-8-10-24)35(20-23-15-13-22(2)14-16-23)30(37)21-36(25-17-18-27(32)28(33)19-25)41(39,40)26-11-5-4-6-12-26/h4-6,11-19,24,29H,3,7-10,20-21H2,1-2H3,(H,34,38)/t29-/m0/s1. The van der Waals surface area contributed by atoms with Crippen molar-refractivity contribution in [1.29, 1.82) is 0 Å². The largest absolute Gasteiger partial charge is 0.352 e. The molecule has 2 amide bonds. The fourth-order valence-corrected chi connectivity index (χ4v) is 6.79. The molecule has 1 N–H and O–H groups in total. The van der Waals surface area contributed by atoms with Crippen LogP contribution in [0, 0.1) is 6.92 Å². The van der Waals surface area contributed by atoms with E-state index in [2.05, 4.69) is 5.32 Å². The van der Waals surface area contributed by atoms with Crippen molar-refractivity contribution in [1.82, 2.24) is 10.2 Å². The first-order valence-electron chi connectivity index (χ1n) is 13.8. The number of nitrogens with one attached hydrogen (secondary N) is 1. The number of aryl methyl sites for hydroxylation is 1. The van der Waals surface area contributed by atoms with Gasteiger partial charge in [0.1, 0.15) is 12.6 Å². The summed E-state index contributed by atoms with van der Waals surface area (Å²) in [4.78, 5) is 29.2. The Labute approximate surface area is 252 Å². The molecule has 0 spiro atoms. The minimum atomic E-state index is -4.18. The van der Waals surface area contributed by atoms with Crippen molar-refractivity contribution in [2.24, 2.45) is 0 Å². The summed E-state index contributed by atoms with van der Waals surface area (Å²) in [5.74, 6) is -0.739. The Bertz CT molecular complexity index is 1460. The molecule has 3 aromatic carbocycles. The van der Waals surface area contributed by atoms with Crippen LogP contribution in [0.25, 0.3) is 0 Å². The van der Waals surface area contributed by atoms with Gasteiger partial charge in [-0.2, -0.15) is 0 Å². The zero-order chi connectivity index (χ0) is 29.6. The average molecular weight is 617 g/mol. The Balaban J connectivity index is 1.72. The van der Waals surface area contributed by atoms with Gasteiger partial charge >= 0.3 is 0 Å². The molecule has 7 nitrogen and oxygen atoms in total. The summed E-state index contributed by atoms with van der Waals surface area (Å²) in [6, 6.07) is 19.3. The summed E-state index contributed by atoms with van der Waals surface area (Å²) in [6.45, 7) is 3.44. The van der Waals surface area contributed by atoms with Crippen LogP contribution in [-0.2, 0) is 26.2 Å². The molecule has 0 bridgehead atoms. The first kappa shape index (κ1) is 30.9. The number of halogens is 2. The summed E-state index contributed by atoms with van der Waals surface area (Å²) in [5.41, 5.74) is 2.09. The molecule has 0 radical (unpaired) electrons. The fraction of sp³-hybridized carbons (Fsp3) is 0.355. The minimum absolute atomic E-state index is 0.0231. The van der Waals surface area contributed by atoms with Gasteiger partial charge in [-0.1, -0.05) is 91.0 Å². The van der Waals surface area contributed by atoms with Crippen LogP contribution >= 0.6 is 23.2 Å². The van der Waals surface area contributed by atoms with E-state index >= 15 is 0 Å². The first-order valence-corrected chi connectivity index (χ1v) is 16.0. The molecule has 218 valence electrons.